The first-order valence-corrected chi connectivity index (χ1v) is 6.66. The van der Waals surface area contributed by atoms with Crippen molar-refractivity contribution in [3.8, 4) is 17.1 Å². The topological polar surface area (TPSA) is 81.0 Å². The zero-order chi connectivity index (χ0) is 14.7. The van der Waals surface area contributed by atoms with E-state index in [1.54, 1.807) is 0 Å². The van der Waals surface area contributed by atoms with E-state index in [4.69, 9.17) is 10.5 Å². The van der Waals surface area contributed by atoms with Crippen molar-refractivity contribution in [2.45, 2.75) is 26.7 Å². The third-order valence-corrected chi connectivity index (χ3v) is 2.97. The minimum Gasteiger partial charge on any atom is -0.493 e. The van der Waals surface area contributed by atoms with Crippen molar-refractivity contribution < 1.29 is 4.74 Å². The van der Waals surface area contributed by atoms with E-state index < -0.39 is 0 Å². The third-order valence-electron chi connectivity index (χ3n) is 2.97. The fourth-order valence-electron chi connectivity index (χ4n) is 2.01. The molecule has 0 saturated heterocycles. The summed E-state index contributed by atoms with van der Waals surface area (Å²) in [6.07, 6.45) is 0. The molecule has 5 heteroatoms. The molecule has 106 valence electrons. The number of nitrogens with two attached hydrogens (primary N) is 1. The Morgan fingerprint density at radius 1 is 1.35 bits per heavy atom. The van der Waals surface area contributed by atoms with Gasteiger partial charge in [-0.15, -0.1) is 0 Å². The number of hydrogen-bond acceptors (Lipinski definition) is 4. The summed E-state index contributed by atoms with van der Waals surface area (Å²) in [6, 6.07) is 7.48. The molecule has 0 aliphatic carbocycles. The summed E-state index contributed by atoms with van der Waals surface area (Å²) in [6.45, 7) is 6.37. The lowest BCUT2D eigenvalue weighted by Gasteiger charge is -2.12. The minimum absolute atomic E-state index is 0.0790. The molecule has 1 aromatic carbocycles. The Morgan fingerprint density at radius 3 is 2.70 bits per heavy atom. The highest BCUT2D eigenvalue weighted by Gasteiger charge is 2.15. The Bertz CT molecular complexity index is 662. The summed E-state index contributed by atoms with van der Waals surface area (Å²) in [5, 5.41) is 0. The molecule has 0 unspecified atom stereocenters. The fourth-order valence-corrected chi connectivity index (χ4v) is 2.01. The average molecular weight is 273 g/mol. The van der Waals surface area contributed by atoms with Crippen molar-refractivity contribution in [2.75, 3.05) is 12.3 Å². The van der Waals surface area contributed by atoms with Gasteiger partial charge in [-0.2, -0.15) is 0 Å². The van der Waals surface area contributed by atoms with Crippen LogP contribution in [0.15, 0.2) is 29.1 Å². The number of hydrogen-bond donors (Lipinski definition) is 2. The molecule has 0 atom stereocenters. The summed E-state index contributed by atoms with van der Waals surface area (Å²) in [5.41, 5.74) is 7.02. The molecule has 2 aromatic rings. The number of nitrogen functional groups attached to an aromatic ring is 1. The van der Waals surface area contributed by atoms with Crippen LogP contribution in [0.2, 0.25) is 0 Å². The molecule has 0 aliphatic rings. The van der Waals surface area contributed by atoms with Crippen LogP contribution in [0.25, 0.3) is 11.4 Å². The highest BCUT2D eigenvalue weighted by atomic mass is 16.5. The zero-order valence-corrected chi connectivity index (χ0v) is 11.9. The van der Waals surface area contributed by atoms with Gasteiger partial charge in [0.2, 0.25) is 0 Å². The normalized spacial score (nSPS) is 10.8. The summed E-state index contributed by atoms with van der Waals surface area (Å²) in [5.74, 6) is 1.25. The van der Waals surface area contributed by atoms with Gasteiger partial charge < -0.3 is 15.5 Å². The number of aromatic nitrogens is 2. The number of nitrogens with one attached hydrogen (secondary N) is 1. The van der Waals surface area contributed by atoms with E-state index in [9.17, 15) is 4.79 Å². The standard InChI is InChI=1S/C15H19N3O2/c1-4-20-11-8-6-5-7-10(11)14-17-13(9(2)3)12(16)15(19)18-14/h5-9H,4,16H2,1-3H3,(H,17,18,19). The van der Waals surface area contributed by atoms with Crippen molar-refractivity contribution in [1.29, 1.82) is 0 Å². The zero-order valence-electron chi connectivity index (χ0n) is 11.9. The maximum atomic E-state index is 11.9. The van der Waals surface area contributed by atoms with E-state index in [1.165, 1.54) is 0 Å². The number of nitrogens with zero attached hydrogens (tertiary/aromatic N) is 1. The summed E-state index contributed by atoms with van der Waals surface area (Å²) >= 11 is 0. The van der Waals surface area contributed by atoms with Crippen molar-refractivity contribution in [2.24, 2.45) is 0 Å². The van der Waals surface area contributed by atoms with Gasteiger partial charge in [0.15, 0.2) is 0 Å². The van der Waals surface area contributed by atoms with E-state index in [0.29, 0.717) is 23.9 Å². The maximum Gasteiger partial charge on any atom is 0.274 e. The Morgan fingerprint density at radius 2 is 2.05 bits per heavy atom. The molecule has 5 nitrogen and oxygen atoms in total. The first-order chi connectivity index (χ1) is 9.54. The minimum atomic E-state index is -0.315. The molecular weight excluding hydrogens is 254 g/mol. The van der Waals surface area contributed by atoms with Gasteiger partial charge in [0.05, 0.1) is 17.9 Å². The highest BCUT2D eigenvalue weighted by molar-refractivity contribution is 5.65. The van der Waals surface area contributed by atoms with E-state index in [-0.39, 0.29) is 17.2 Å². The van der Waals surface area contributed by atoms with Crippen LogP contribution >= 0.6 is 0 Å². The van der Waals surface area contributed by atoms with Crippen LogP contribution in [-0.4, -0.2) is 16.6 Å². The van der Waals surface area contributed by atoms with E-state index in [2.05, 4.69) is 9.97 Å². The molecule has 0 spiro atoms. The van der Waals surface area contributed by atoms with Gasteiger partial charge in [0, 0.05) is 0 Å². The number of aromatic amines is 1. The summed E-state index contributed by atoms with van der Waals surface area (Å²) < 4.78 is 5.57. The quantitative estimate of drug-likeness (QED) is 0.897. The molecular formula is C15H19N3O2. The van der Waals surface area contributed by atoms with Gasteiger partial charge in [0.25, 0.3) is 5.56 Å². The van der Waals surface area contributed by atoms with Crippen molar-refractivity contribution >= 4 is 5.69 Å². The van der Waals surface area contributed by atoms with Crippen molar-refractivity contribution in [3.05, 3.63) is 40.3 Å². The lowest BCUT2D eigenvalue weighted by Crippen LogP contribution is -2.18. The molecule has 1 aromatic heterocycles. The number of benzene rings is 1. The number of rotatable bonds is 4. The predicted octanol–water partition coefficient (Wildman–Crippen LogP) is 2.54. The molecule has 0 bridgehead atoms. The van der Waals surface area contributed by atoms with Crippen molar-refractivity contribution in [1.82, 2.24) is 9.97 Å². The summed E-state index contributed by atoms with van der Waals surface area (Å²) in [7, 11) is 0. The Balaban J connectivity index is 2.62. The van der Waals surface area contributed by atoms with Crippen LogP contribution in [0.5, 0.6) is 5.75 Å². The van der Waals surface area contributed by atoms with Crippen LogP contribution in [0.1, 0.15) is 32.4 Å². The van der Waals surface area contributed by atoms with E-state index in [0.717, 1.165) is 5.56 Å². The molecule has 3 N–H and O–H groups in total. The van der Waals surface area contributed by atoms with Crippen LogP contribution in [0.3, 0.4) is 0 Å². The number of H-pyrrole nitrogens is 1. The first kappa shape index (κ1) is 14.1. The number of anilines is 1. The smallest absolute Gasteiger partial charge is 0.274 e. The van der Waals surface area contributed by atoms with Gasteiger partial charge in [-0.05, 0) is 25.0 Å². The second kappa shape index (κ2) is 5.77. The second-order valence-corrected chi connectivity index (χ2v) is 4.80. The van der Waals surface area contributed by atoms with Crippen LogP contribution < -0.4 is 16.0 Å². The SMILES string of the molecule is CCOc1ccccc1-c1nc(C(C)C)c(N)c(=O)[nH]1. The Labute approximate surface area is 117 Å². The molecule has 0 amide bonds. The third kappa shape index (κ3) is 2.66. The fraction of sp³-hybridized carbons (Fsp3) is 0.333. The van der Waals surface area contributed by atoms with Gasteiger partial charge in [-0.3, -0.25) is 4.79 Å². The maximum absolute atomic E-state index is 11.9. The molecule has 0 aliphatic heterocycles. The average Bonchev–Trinajstić information content (AvgIpc) is 2.42. The first-order valence-electron chi connectivity index (χ1n) is 6.66. The van der Waals surface area contributed by atoms with Gasteiger partial charge in [-0.1, -0.05) is 26.0 Å². The van der Waals surface area contributed by atoms with E-state index in [1.807, 2.05) is 45.0 Å². The second-order valence-electron chi connectivity index (χ2n) is 4.80. The molecule has 2 rings (SSSR count). The van der Waals surface area contributed by atoms with Crippen LogP contribution in [-0.2, 0) is 0 Å². The Hall–Kier alpha value is -2.30. The van der Waals surface area contributed by atoms with Crippen LogP contribution in [0.4, 0.5) is 5.69 Å². The molecule has 0 radical (unpaired) electrons. The molecule has 0 saturated carbocycles. The largest absolute Gasteiger partial charge is 0.493 e. The lowest BCUT2D eigenvalue weighted by molar-refractivity contribution is 0.341. The number of para-hydroxylation sites is 1. The summed E-state index contributed by atoms with van der Waals surface area (Å²) in [4.78, 5) is 19.1. The predicted molar refractivity (Wildman–Crippen MR) is 80.0 cm³/mol. The molecule has 0 fully saturated rings. The van der Waals surface area contributed by atoms with Crippen molar-refractivity contribution in [3.63, 3.8) is 0 Å². The lowest BCUT2D eigenvalue weighted by atomic mass is 10.1. The van der Waals surface area contributed by atoms with E-state index >= 15 is 0 Å². The van der Waals surface area contributed by atoms with Crippen LogP contribution in [0, 0.1) is 0 Å². The number of ether oxygens (including phenoxy) is 1. The van der Waals surface area contributed by atoms with Gasteiger partial charge in [-0.25, -0.2) is 4.98 Å². The Kier molecular flexibility index (Phi) is 4.08. The monoisotopic (exact) mass is 273 g/mol. The van der Waals surface area contributed by atoms with Gasteiger partial charge in [0.1, 0.15) is 17.3 Å². The molecule has 20 heavy (non-hydrogen) atoms. The molecule has 1 heterocycles. The van der Waals surface area contributed by atoms with Gasteiger partial charge >= 0.3 is 0 Å². The highest BCUT2D eigenvalue weighted by Crippen LogP contribution is 2.28.